The molecule has 1 heterocycles. The summed E-state index contributed by atoms with van der Waals surface area (Å²) in [5, 5.41) is 0.916. The molecule has 0 atom stereocenters. The van der Waals surface area contributed by atoms with Gasteiger partial charge in [0.1, 0.15) is 0 Å². The van der Waals surface area contributed by atoms with Gasteiger partial charge in [-0.1, -0.05) is 49.9 Å². The molecular weight excluding hydrogens is 284 g/mol. The maximum absolute atomic E-state index is 5.67. The molecule has 0 aliphatic rings. The molecule has 1 aromatic carbocycles. The van der Waals surface area contributed by atoms with Crippen LogP contribution in [0.25, 0.3) is 0 Å². The molecule has 0 unspecified atom stereocenters. The lowest BCUT2D eigenvalue weighted by Gasteiger charge is -2.03. The van der Waals surface area contributed by atoms with Gasteiger partial charge in [-0.3, -0.25) is 0 Å². The molecule has 0 spiro atoms. The third kappa shape index (κ3) is 5.52. The Kier molecular flexibility index (Phi) is 6.36. The van der Waals surface area contributed by atoms with E-state index < -0.39 is 0 Å². The fraction of sp³-hybridized carbons (Fsp3) is 0.400. The molecule has 2 rings (SSSR count). The van der Waals surface area contributed by atoms with Crippen molar-refractivity contribution in [1.29, 1.82) is 0 Å². The van der Waals surface area contributed by atoms with E-state index in [0.29, 0.717) is 6.61 Å². The number of hydrogen-bond acceptors (Lipinski definition) is 3. The van der Waals surface area contributed by atoms with Crippen molar-refractivity contribution in [2.45, 2.75) is 36.6 Å². The number of aromatic nitrogens is 2. The largest absolute Gasteiger partial charge is 0.379 e. The number of hydrogen-bond donors (Lipinski definition) is 1. The van der Waals surface area contributed by atoms with Crippen LogP contribution >= 0.6 is 11.8 Å². The maximum atomic E-state index is 5.67. The van der Waals surface area contributed by atoms with Crippen LogP contribution in [0.3, 0.4) is 0 Å². The molecule has 0 saturated carbocycles. The SMILES string of the molecule is CC(C)C[Si]COCc1cnc(Sc2ccccc2)[nH]1. The number of imidazole rings is 1. The summed E-state index contributed by atoms with van der Waals surface area (Å²) >= 11 is 1.64. The third-order valence-corrected chi connectivity index (χ3v) is 5.00. The van der Waals surface area contributed by atoms with Gasteiger partial charge in [-0.15, -0.1) is 0 Å². The standard InChI is InChI=1S/C15H20N2OSSi/c1-12(2)10-20-11-18-9-13-8-16-15(17-13)19-14-6-4-3-5-7-14/h3-8,12H,9-11H2,1-2H3,(H,16,17). The van der Waals surface area contributed by atoms with E-state index in [0.717, 1.165) is 32.5 Å². The summed E-state index contributed by atoms with van der Waals surface area (Å²) in [4.78, 5) is 8.85. The van der Waals surface area contributed by atoms with E-state index in [1.54, 1.807) is 11.8 Å². The highest BCUT2D eigenvalue weighted by molar-refractivity contribution is 7.99. The van der Waals surface area contributed by atoms with Crippen molar-refractivity contribution in [3.8, 4) is 0 Å². The second-order valence-electron chi connectivity index (χ2n) is 4.97. The molecule has 20 heavy (non-hydrogen) atoms. The lowest BCUT2D eigenvalue weighted by molar-refractivity contribution is 0.160. The van der Waals surface area contributed by atoms with Gasteiger partial charge < -0.3 is 9.72 Å². The Morgan fingerprint density at radius 1 is 1.30 bits per heavy atom. The van der Waals surface area contributed by atoms with Crippen LogP contribution in [0.15, 0.2) is 46.6 Å². The predicted molar refractivity (Wildman–Crippen MR) is 84.2 cm³/mol. The Bertz CT molecular complexity index is 502. The summed E-state index contributed by atoms with van der Waals surface area (Å²) in [6.07, 6.45) is 2.70. The average Bonchev–Trinajstić information content (AvgIpc) is 2.87. The molecule has 0 aliphatic carbocycles. The van der Waals surface area contributed by atoms with Gasteiger partial charge in [-0.25, -0.2) is 4.98 Å². The van der Waals surface area contributed by atoms with Crippen LogP contribution < -0.4 is 0 Å². The van der Waals surface area contributed by atoms with Crippen molar-refractivity contribution in [1.82, 2.24) is 9.97 Å². The number of nitrogens with one attached hydrogen (secondary N) is 1. The first kappa shape index (κ1) is 15.3. The normalized spacial score (nSPS) is 11.2. The van der Waals surface area contributed by atoms with E-state index >= 15 is 0 Å². The Hall–Kier alpha value is -1.04. The van der Waals surface area contributed by atoms with Gasteiger partial charge in [0.05, 0.1) is 28.0 Å². The van der Waals surface area contributed by atoms with Gasteiger partial charge in [-0.05, 0) is 18.1 Å². The van der Waals surface area contributed by atoms with Crippen molar-refractivity contribution in [3.05, 3.63) is 42.2 Å². The van der Waals surface area contributed by atoms with E-state index in [4.69, 9.17) is 4.74 Å². The van der Waals surface area contributed by atoms with Crippen molar-refractivity contribution in [3.63, 3.8) is 0 Å². The minimum Gasteiger partial charge on any atom is -0.379 e. The van der Waals surface area contributed by atoms with Crippen molar-refractivity contribution >= 4 is 21.3 Å². The number of benzene rings is 1. The number of aromatic amines is 1. The summed E-state index contributed by atoms with van der Waals surface area (Å²) < 4.78 is 5.67. The monoisotopic (exact) mass is 304 g/mol. The summed E-state index contributed by atoms with van der Waals surface area (Å²) in [5.74, 6) is 0.762. The van der Waals surface area contributed by atoms with E-state index in [1.165, 1.54) is 10.9 Å². The van der Waals surface area contributed by atoms with Crippen LogP contribution in [0.1, 0.15) is 19.5 Å². The second kappa shape index (κ2) is 8.29. The lowest BCUT2D eigenvalue weighted by Crippen LogP contribution is -2.06. The molecule has 106 valence electrons. The molecule has 0 amide bonds. The zero-order valence-corrected chi connectivity index (χ0v) is 13.7. The zero-order valence-electron chi connectivity index (χ0n) is 11.9. The fourth-order valence-corrected chi connectivity index (χ4v) is 3.39. The van der Waals surface area contributed by atoms with Crippen molar-refractivity contribution < 1.29 is 4.74 Å². The van der Waals surface area contributed by atoms with Crippen LogP contribution in [-0.2, 0) is 11.3 Å². The molecule has 5 heteroatoms. The summed E-state index contributed by atoms with van der Waals surface area (Å²) in [5.41, 5.74) is 1.04. The van der Waals surface area contributed by atoms with Crippen molar-refractivity contribution in [2.75, 3.05) is 6.23 Å². The molecule has 2 aromatic rings. The highest BCUT2D eigenvalue weighted by atomic mass is 32.2. The number of ether oxygens (including phenoxy) is 1. The third-order valence-electron chi connectivity index (χ3n) is 2.58. The Morgan fingerprint density at radius 3 is 2.85 bits per heavy atom. The molecular formula is C15H20N2OSSi. The molecule has 2 radical (unpaired) electrons. The second-order valence-corrected chi connectivity index (χ2v) is 7.23. The topological polar surface area (TPSA) is 37.9 Å². The molecule has 3 nitrogen and oxygen atoms in total. The first-order valence-electron chi connectivity index (χ1n) is 6.79. The molecule has 1 N–H and O–H groups in total. The van der Waals surface area contributed by atoms with Gasteiger partial charge in [0, 0.05) is 11.1 Å². The summed E-state index contributed by atoms with van der Waals surface area (Å²) in [7, 11) is 0.887. The van der Waals surface area contributed by atoms with Gasteiger partial charge in [0.15, 0.2) is 5.16 Å². The number of rotatable bonds is 8. The van der Waals surface area contributed by atoms with Crippen molar-refractivity contribution in [2.24, 2.45) is 5.92 Å². The van der Waals surface area contributed by atoms with Gasteiger partial charge in [0.25, 0.3) is 0 Å². The molecule has 1 aromatic heterocycles. The van der Waals surface area contributed by atoms with E-state index in [2.05, 4.69) is 35.9 Å². The zero-order chi connectivity index (χ0) is 14.2. The van der Waals surface area contributed by atoms with E-state index in [9.17, 15) is 0 Å². The van der Waals surface area contributed by atoms with Crippen LogP contribution in [0, 0.1) is 5.92 Å². The van der Waals surface area contributed by atoms with Crippen LogP contribution in [-0.4, -0.2) is 25.7 Å². The first-order valence-corrected chi connectivity index (χ1v) is 9.02. The minimum atomic E-state index is 0.618. The number of nitrogens with zero attached hydrogens (tertiary/aromatic N) is 1. The lowest BCUT2D eigenvalue weighted by atomic mass is 10.3. The van der Waals surface area contributed by atoms with Crippen LogP contribution in [0.5, 0.6) is 0 Å². The molecule has 0 bridgehead atoms. The summed E-state index contributed by atoms with van der Waals surface area (Å²) in [6.45, 7) is 5.11. The maximum Gasteiger partial charge on any atom is 0.170 e. The molecule has 0 saturated heterocycles. The van der Waals surface area contributed by atoms with Gasteiger partial charge in [-0.2, -0.15) is 0 Å². The van der Waals surface area contributed by atoms with Gasteiger partial charge in [0.2, 0.25) is 0 Å². The highest BCUT2D eigenvalue weighted by Crippen LogP contribution is 2.24. The Balaban J connectivity index is 1.72. The van der Waals surface area contributed by atoms with E-state index in [-0.39, 0.29) is 0 Å². The highest BCUT2D eigenvalue weighted by Gasteiger charge is 2.03. The molecule has 0 aliphatic heterocycles. The smallest absolute Gasteiger partial charge is 0.170 e. The quantitative estimate of drug-likeness (QED) is 0.595. The fourth-order valence-electron chi connectivity index (χ4n) is 1.64. The van der Waals surface area contributed by atoms with Crippen LogP contribution in [0.4, 0.5) is 0 Å². The Morgan fingerprint density at radius 2 is 2.10 bits per heavy atom. The first-order chi connectivity index (χ1) is 9.74. The Labute approximate surface area is 127 Å². The minimum absolute atomic E-state index is 0.618. The number of H-pyrrole nitrogens is 1. The predicted octanol–water partition coefficient (Wildman–Crippen LogP) is 3.81. The van der Waals surface area contributed by atoms with E-state index in [1.807, 2.05) is 24.4 Å². The molecule has 0 fully saturated rings. The average molecular weight is 304 g/mol. The van der Waals surface area contributed by atoms with Crippen LogP contribution in [0.2, 0.25) is 6.04 Å². The van der Waals surface area contributed by atoms with Gasteiger partial charge >= 0.3 is 0 Å². The summed E-state index contributed by atoms with van der Waals surface area (Å²) in [6, 6.07) is 11.5.